The van der Waals surface area contributed by atoms with Gasteiger partial charge in [-0.3, -0.25) is 0 Å². The zero-order valence-electron chi connectivity index (χ0n) is 8.80. The number of hydrogen-bond acceptors (Lipinski definition) is 3. The van der Waals surface area contributed by atoms with Gasteiger partial charge in [-0.1, -0.05) is 0 Å². The van der Waals surface area contributed by atoms with Gasteiger partial charge in [0.15, 0.2) is 0 Å². The first-order chi connectivity index (χ1) is 6.91. The first kappa shape index (κ1) is 11.8. The number of carbonyl (C=O) groups is 2. The summed E-state index contributed by atoms with van der Waals surface area (Å²) in [6, 6.07) is -1.41. The maximum Gasteiger partial charge on any atom is 0.326 e. The Kier molecular flexibility index (Phi) is 3.52. The molecule has 2 amide bonds. The summed E-state index contributed by atoms with van der Waals surface area (Å²) < 4.78 is 0. The lowest BCUT2D eigenvalue weighted by Gasteiger charge is -2.22. The molecule has 0 aromatic rings. The second-order valence-corrected chi connectivity index (χ2v) is 4.00. The van der Waals surface area contributed by atoms with Gasteiger partial charge in [0.2, 0.25) is 0 Å². The number of carboxylic acids is 1. The van der Waals surface area contributed by atoms with E-state index in [1.807, 2.05) is 0 Å². The first-order valence-corrected chi connectivity index (χ1v) is 4.89. The third kappa shape index (κ3) is 2.82. The maximum absolute atomic E-state index is 11.6. The fourth-order valence-corrected chi connectivity index (χ4v) is 1.60. The van der Waals surface area contributed by atoms with Crippen LogP contribution < -0.4 is 5.32 Å². The molecule has 0 aromatic carbocycles. The quantitative estimate of drug-likeness (QED) is 0.587. The summed E-state index contributed by atoms with van der Waals surface area (Å²) in [7, 11) is 0. The Morgan fingerprint density at radius 1 is 1.47 bits per heavy atom. The van der Waals surface area contributed by atoms with Gasteiger partial charge in [0.25, 0.3) is 0 Å². The molecule has 0 aromatic heterocycles. The monoisotopic (exact) mass is 216 g/mol. The largest absolute Gasteiger partial charge is 0.480 e. The van der Waals surface area contributed by atoms with Crippen LogP contribution in [-0.2, 0) is 4.79 Å². The van der Waals surface area contributed by atoms with E-state index in [0.29, 0.717) is 0 Å². The molecule has 0 radical (unpaired) electrons. The van der Waals surface area contributed by atoms with Gasteiger partial charge >= 0.3 is 12.0 Å². The Bertz CT molecular complexity index is 267. The number of aliphatic hydroxyl groups excluding tert-OH is 1. The van der Waals surface area contributed by atoms with E-state index in [4.69, 9.17) is 5.11 Å². The van der Waals surface area contributed by atoms with Gasteiger partial charge in [0.05, 0.1) is 6.10 Å². The lowest BCUT2D eigenvalue weighted by atomic mass is 10.2. The van der Waals surface area contributed by atoms with Crippen molar-refractivity contribution in [1.29, 1.82) is 0 Å². The molecule has 0 saturated carbocycles. The molecule has 15 heavy (non-hydrogen) atoms. The molecule has 0 aliphatic carbocycles. The van der Waals surface area contributed by atoms with Crippen molar-refractivity contribution in [1.82, 2.24) is 10.2 Å². The average molecular weight is 216 g/mol. The molecule has 6 heteroatoms. The number of carboxylic acid groups (broad SMARTS) is 1. The van der Waals surface area contributed by atoms with Crippen molar-refractivity contribution >= 4 is 12.0 Å². The molecule has 2 atom stereocenters. The minimum Gasteiger partial charge on any atom is -0.480 e. The molecular weight excluding hydrogens is 200 g/mol. The van der Waals surface area contributed by atoms with Crippen LogP contribution in [0.5, 0.6) is 0 Å². The number of nitrogens with zero attached hydrogens (tertiary/aromatic N) is 1. The number of hydrogen-bond donors (Lipinski definition) is 3. The summed E-state index contributed by atoms with van der Waals surface area (Å²) in [6.07, 6.45) is -0.648. The molecule has 6 nitrogen and oxygen atoms in total. The van der Waals surface area contributed by atoms with E-state index in [9.17, 15) is 14.7 Å². The molecule has 1 saturated heterocycles. The Morgan fingerprint density at radius 3 is 2.53 bits per heavy atom. The number of β-amino-alcohol motifs (C(OH)–C–C–N with tert-alkyl or cyclic N) is 1. The number of carbonyl (C=O) groups excluding carboxylic acids is 1. The minimum absolute atomic E-state index is 0.0512. The van der Waals surface area contributed by atoms with Crippen LogP contribution in [0.4, 0.5) is 4.79 Å². The van der Waals surface area contributed by atoms with E-state index in [2.05, 4.69) is 5.32 Å². The SMILES string of the molecule is CC(C)NC(=O)N1C[C@H](O)C[C@H]1C(=O)O. The fraction of sp³-hybridized carbons (Fsp3) is 0.778. The van der Waals surface area contributed by atoms with E-state index < -0.39 is 24.1 Å². The highest BCUT2D eigenvalue weighted by molar-refractivity contribution is 5.83. The van der Waals surface area contributed by atoms with Crippen LogP contribution in [0.3, 0.4) is 0 Å². The lowest BCUT2D eigenvalue weighted by molar-refractivity contribution is -0.141. The highest BCUT2D eigenvalue weighted by Gasteiger charge is 2.38. The molecule has 0 unspecified atom stereocenters. The van der Waals surface area contributed by atoms with E-state index >= 15 is 0 Å². The van der Waals surface area contributed by atoms with Gasteiger partial charge < -0.3 is 20.4 Å². The Balaban J connectivity index is 2.66. The van der Waals surface area contributed by atoms with Crippen molar-refractivity contribution in [2.75, 3.05) is 6.54 Å². The van der Waals surface area contributed by atoms with Crippen molar-refractivity contribution < 1.29 is 19.8 Å². The zero-order chi connectivity index (χ0) is 11.6. The molecule has 1 aliphatic heterocycles. The number of rotatable bonds is 2. The van der Waals surface area contributed by atoms with Gasteiger partial charge in [0, 0.05) is 19.0 Å². The number of urea groups is 1. The molecule has 1 heterocycles. The van der Waals surface area contributed by atoms with Crippen LogP contribution in [0, 0.1) is 0 Å². The highest BCUT2D eigenvalue weighted by atomic mass is 16.4. The van der Waals surface area contributed by atoms with Gasteiger partial charge in [-0.2, -0.15) is 0 Å². The van der Waals surface area contributed by atoms with Crippen LogP contribution in [0.15, 0.2) is 0 Å². The van der Waals surface area contributed by atoms with Gasteiger partial charge in [0.1, 0.15) is 6.04 Å². The summed E-state index contributed by atoms with van der Waals surface area (Å²) in [4.78, 5) is 23.5. The molecular formula is C9H16N2O4. The summed E-state index contributed by atoms with van der Waals surface area (Å²) in [5, 5.41) is 20.8. The van der Waals surface area contributed by atoms with Crippen LogP contribution in [0.2, 0.25) is 0 Å². The van der Waals surface area contributed by atoms with E-state index in [1.54, 1.807) is 13.8 Å². The number of nitrogens with one attached hydrogen (secondary N) is 1. The van der Waals surface area contributed by atoms with Crippen molar-refractivity contribution in [2.24, 2.45) is 0 Å². The highest BCUT2D eigenvalue weighted by Crippen LogP contribution is 2.18. The van der Waals surface area contributed by atoms with Crippen LogP contribution in [0.25, 0.3) is 0 Å². The number of amides is 2. The lowest BCUT2D eigenvalue weighted by Crippen LogP contribution is -2.48. The predicted molar refractivity (Wildman–Crippen MR) is 52.4 cm³/mol. The van der Waals surface area contributed by atoms with E-state index in [1.165, 1.54) is 0 Å². The normalized spacial score (nSPS) is 25.7. The molecule has 1 aliphatic rings. The van der Waals surface area contributed by atoms with Crippen LogP contribution in [-0.4, -0.2) is 51.8 Å². The Labute approximate surface area is 87.9 Å². The molecule has 0 spiro atoms. The van der Waals surface area contributed by atoms with Crippen molar-refractivity contribution in [3.8, 4) is 0 Å². The number of aliphatic hydroxyl groups is 1. The van der Waals surface area contributed by atoms with Gasteiger partial charge in [-0.05, 0) is 13.8 Å². The Morgan fingerprint density at radius 2 is 2.07 bits per heavy atom. The van der Waals surface area contributed by atoms with Crippen LogP contribution >= 0.6 is 0 Å². The summed E-state index contributed by atoms with van der Waals surface area (Å²) in [5.41, 5.74) is 0. The topological polar surface area (TPSA) is 89.9 Å². The second kappa shape index (κ2) is 4.48. The van der Waals surface area contributed by atoms with Crippen molar-refractivity contribution in [3.63, 3.8) is 0 Å². The molecule has 1 rings (SSSR count). The smallest absolute Gasteiger partial charge is 0.326 e. The minimum atomic E-state index is -1.08. The summed E-state index contributed by atoms with van der Waals surface area (Å²) in [5.74, 6) is -1.08. The average Bonchev–Trinajstić information content (AvgIpc) is 2.46. The second-order valence-electron chi connectivity index (χ2n) is 4.00. The van der Waals surface area contributed by atoms with Gasteiger partial charge in [-0.25, -0.2) is 9.59 Å². The van der Waals surface area contributed by atoms with Crippen LogP contribution in [0.1, 0.15) is 20.3 Å². The summed E-state index contributed by atoms with van der Waals surface area (Å²) >= 11 is 0. The number of likely N-dealkylation sites (tertiary alicyclic amines) is 1. The third-order valence-corrected chi connectivity index (χ3v) is 2.24. The number of aliphatic carboxylic acids is 1. The first-order valence-electron chi connectivity index (χ1n) is 4.89. The van der Waals surface area contributed by atoms with Crippen molar-refractivity contribution in [2.45, 2.75) is 38.5 Å². The third-order valence-electron chi connectivity index (χ3n) is 2.24. The molecule has 86 valence electrons. The molecule has 3 N–H and O–H groups in total. The van der Waals surface area contributed by atoms with Crippen molar-refractivity contribution in [3.05, 3.63) is 0 Å². The predicted octanol–water partition coefficient (Wildman–Crippen LogP) is -0.376. The summed E-state index contributed by atoms with van der Waals surface area (Å²) in [6.45, 7) is 3.66. The molecule has 0 bridgehead atoms. The van der Waals surface area contributed by atoms with Gasteiger partial charge in [-0.15, -0.1) is 0 Å². The maximum atomic E-state index is 11.6. The standard InChI is InChI=1S/C9H16N2O4/c1-5(2)10-9(15)11-4-6(12)3-7(11)8(13)14/h5-7,12H,3-4H2,1-2H3,(H,10,15)(H,13,14)/t6-,7+/m1/s1. The molecule has 1 fully saturated rings. The Hall–Kier alpha value is -1.30. The zero-order valence-corrected chi connectivity index (χ0v) is 8.80. The fourth-order valence-electron chi connectivity index (χ4n) is 1.60. The van der Waals surface area contributed by atoms with E-state index in [0.717, 1.165) is 4.90 Å². The van der Waals surface area contributed by atoms with E-state index in [-0.39, 0.29) is 19.0 Å².